The normalized spacial score (nSPS) is 15.8. The zero-order valence-electron chi connectivity index (χ0n) is 6.34. The summed E-state index contributed by atoms with van der Waals surface area (Å²) >= 11 is 0. The Morgan fingerprint density at radius 3 is 2.73 bits per heavy atom. The third kappa shape index (κ3) is 1.70. The third-order valence-electron chi connectivity index (χ3n) is 1.19. The summed E-state index contributed by atoms with van der Waals surface area (Å²) in [5, 5.41) is 3.00. The molecule has 5 nitrogen and oxygen atoms in total. The lowest BCUT2D eigenvalue weighted by molar-refractivity contribution is 0.673. The van der Waals surface area contributed by atoms with Crippen molar-refractivity contribution < 1.29 is 4.21 Å². The van der Waals surface area contributed by atoms with E-state index in [0.29, 0.717) is 5.82 Å². The van der Waals surface area contributed by atoms with Crippen molar-refractivity contribution in [3.63, 3.8) is 0 Å². The fraction of sp³-hybridized carbons (Fsp3) is 0.400. The van der Waals surface area contributed by atoms with Gasteiger partial charge in [0.15, 0.2) is 0 Å². The van der Waals surface area contributed by atoms with Crippen LogP contribution in [0.3, 0.4) is 0 Å². The quantitative estimate of drug-likeness (QED) is 0.610. The van der Waals surface area contributed by atoms with Crippen LogP contribution in [0.4, 0.5) is 5.82 Å². The molecule has 0 aromatic carbocycles. The van der Waals surface area contributed by atoms with E-state index in [1.165, 1.54) is 12.5 Å². The Labute approximate surface area is 65.2 Å². The first-order valence-corrected chi connectivity index (χ1v) is 4.97. The molecule has 6 heteroatoms. The van der Waals surface area contributed by atoms with Gasteiger partial charge in [-0.15, -0.1) is 0 Å². The standard InChI is InChI=1S/C5H10N4OS/c1-7-4-3-8-5(9-4)11(2,6)10/h3,6-7H,1-2H3,(H,8,9). The predicted molar refractivity (Wildman–Crippen MR) is 43.2 cm³/mol. The molecule has 0 amide bonds. The van der Waals surface area contributed by atoms with Crippen LogP contribution in [0.5, 0.6) is 0 Å². The zero-order valence-corrected chi connectivity index (χ0v) is 7.16. The molecule has 1 aromatic rings. The lowest BCUT2D eigenvalue weighted by Crippen LogP contribution is -1.97. The number of hydrogen-bond donors (Lipinski definition) is 3. The second-order valence-electron chi connectivity index (χ2n) is 2.20. The van der Waals surface area contributed by atoms with Gasteiger partial charge in [0, 0.05) is 13.3 Å². The molecule has 0 aliphatic rings. The molecule has 0 spiro atoms. The van der Waals surface area contributed by atoms with Crippen LogP contribution in [-0.2, 0) is 9.73 Å². The number of H-pyrrole nitrogens is 1. The number of aromatic amines is 1. The van der Waals surface area contributed by atoms with Crippen LogP contribution in [0.25, 0.3) is 0 Å². The summed E-state index contributed by atoms with van der Waals surface area (Å²) in [6.07, 6.45) is 2.83. The van der Waals surface area contributed by atoms with Gasteiger partial charge in [-0.05, 0) is 0 Å². The van der Waals surface area contributed by atoms with Crippen LogP contribution in [0.1, 0.15) is 0 Å². The molecule has 0 saturated heterocycles. The Morgan fingerprint density at radius 2 is 2.45 bits per heavy atom. The Morgan fingerprint density at radius 1 is 1.82 bits per heavy atom. The van der Waals surface area contributed by atoms with Crippen molar-refractivity contribution in [1.82, 2.24) is 9.97 Å². The molecule has 0 fully saturated rings. The zero-order chi connectivity index (χ0) is 8.48. The molecule has 0 radical (unpaired) electrons. The molecule has 0 bridgehead atoms. The Hall–Kier alpha value is -1.04. The fourth-order valence-corrected chi connectivity index (χ4v) is 1.19. The van der Waals surface area contributed by atoms with Crippen molar-refractivity contribution in [3.8, 4) is 0 Å². The van der Waals surface area contributed by atoms with Gasteiger partial charge in [-0.2, -0.15) is 0 Å². The molecular weight excluding hydrogens is 164 g/mol. The van der Waals surface area contributed by atoms with Gasteiger partial charge in [0.1, 0.15) is 15.5 Å². The maximum atomic E-state index is 11.1. The average molecular weight is 174 g/mol. The van der Waals surface area contributed by atoms with Crippen LogP contribution in [0.15, 0.2) is 11.4 Å². The van der Waals surface area contributed by atoms with Gasteiger partial charge in [-0.25, -0.2) is 14.0 Å². The van der Waals surface area contributed by atoms with Gasteiger partial charge < -0.3 is 10.3 Å². The number of anilines is 1. The molecule has 1 atom stereocenters. The van der Waals surface area contributed by atoms with Gasteiger partial charge in [-0.1, -0.05) is 0 Å². The lowest BCUT2D eigenvalue weighted by atomic mass is 10.8. The van der Waals surface area contributed by atoms with Crippen molar-refractivity contribution in [3.05, 3.63) is 6.20 Å². The van der Waals surface area contributed by atoms with E-state index in [1.54, 1.807) is 7.05 Å². The summed E-state index contributed by atoms with van der Waals surface area (Å²) in [6.45, 7) is 0. The number of hydrogen-bond acceptors (Lipinski definition) is 4. The van der Waals surface area contributed by atoms with Crippen molar-refractivity contribution in [1.29, 1.82) is 4.78 Å². The summed E-state index contributed by atoms with van der Waals surface area (Å²) in [5.41, 5.74) is 0. The molecule has 1 heterocycles. The number of rotatable bonds is 2. The molecule has 1 rings (SSSR count). The Bertz CT molecular complexity index is 339. The average Bonchev–Trinajstić information content (AvgIpc) is 2.32. The van der Waals surface area contributed by atoms with Gasteiger partial charge in [0.05, 0.1) is 6.20 Å². The highest BCUT2D eigenvalue weighted by Gasteiger charge is 2.06. The Kier molecular flexibility index (Phi) is 1.86. The minimum Gasteiger partial charge on any atom is -0.373 e. The molecule has 1 aromatic heterocycles. The van der Waals surface area contributed by atoms with E-state index >= 15 is 0 Å². The molecule has 62 valence electrons. The van der Waals surface area contributed by atoms with E-state index in [0.717, 1.165) is 0 Å². The second-order valence-corrected chi connectivity index (χ2v) is 4.27. The second kappa shape index (κ2) is 2.54. The monoisotopic (exact) mass is 174 g/mol. The topological polar surface area (TPSA) is 81.6 Å². The number of imidazole rings is 1. The molecular formula is C5H10N4OS. The van der Waals surface area contributed by atoms with Crippen molar-refractivity contribution in [2.45, 2.75) is 5.16 Å². The molecule has 11 heavy (non-hydrogen) atoms. The van der Waals surface area contributed by atoms with E-state index in [4.69, 9.17) is 4.78 Å². The van der Waals surface area contributed by atoms with Crippen LogP contribution in [-0.4, -0.2) is 27.5 Å². The van der Waals surface area contributed by atoms with Crippen molar-refractivity contribution in [2.75, 3.05) is 18.6 Å². The highest BCUT2D eigenvalue weighted by Crippen LogP contribution is 2.07. The first-order valence-electron chi connectivity index (χ1n) is 3.00. The van der Waals surface area contributed by atoms with Crippen molar-refractivity contribution >= 4 is 15.5 Å². The summed E-state index contributed by atoms with van der Waals surface area (Å²) in [5.74, 6) is 0.668. The number of nitrogens with zero attached hydrogens (tertiary/aromatic N) is 1. The summed E-state index contributed by atoms with van der Waals surface area (Å²) in [7, 11) is -0.978. The van der Waals surface area contributed by atoms with Crippen LogP contribution in [0, 0.1) is 4.78 Å². The molecule has 1 unspecified atom stereocenters. The van der Waals surface area contributed by atoms with Crippen molar-refractivity contribution in [2.24, 2.45) is 0 Å². The van der Waals surface area contributed by atoms with Crippen LogP contribution >= 0.6 is 0 Å². The first-order chi connectivity index (χ1) is 5.04. The highest BCUT2D eigenvalue weighted by atomic mass is 32.2. The first kappa shape index (κ1) is 8.06. The molecule has 3 N–H and O–H groups in total. The maximum absolute atomic E-state index is 11.1. The van der Waals surface area contributed by atoms with Gasteiger partial charge in [0.2, 0.25) is 5.16 Å². The minimum atomic E-state index is -2.70. The van der Waals surface area contributed by atoms with E-state index in [9.17, 15) is 4.21 Å². The molecule has 0 saturated carbocycles. The fourth-order valence-electron chi connectivity index (χ4n) is 0.628. The molecule has 0 aliphatic heterocycles. The van der Waals surface area contributed by atoms with Crippen LogP contribution in [0.2, 0.25) is 0 Å². The van der Waals surface area contributed by atoms with E-state index < -0.39 is 9.73 Å². The highest BCUT2D eigenvalue weighted by molar-refractivity contribution is 7.91. The predicted octanol–water partition coefficient (Wildman–Crippen LogP) is 0.487. The summed E-state index contributed by atoms with van der Waals surface area (Å²) < 4.78 is 18.2. The van der Waals surface area contributed by atoms with Gasteiger partial charge in [-0.3, -0.25) is 0 Å². The minimum absolute atomic E-state index is 0.210. The van der Waals surface area contributed by atoms with E-state index in [2.05, 4.69) is 15.3 Å². The number of aromatic nitrogens is 2. The SMILES string of the molecule is CNc1cnc(S(C)(=N)=O)[nH]1. The lowest BCUT2D eigenvalue weighted by Gasteiger charge is -1.93. The van der Waals surface area contributed by atoms with Gasteiger partial charge in [0.25, 0.3) is 0 Å². The largest absolute Gasteiger partial charge is 0.373 e. The third-order valence-corrected chi connectivity index (χ3v) is 2.14. The summed E-state index contributed by atoms with van der Waals surface area (Å²) in [6, 6.07) is 0. The van der Waals surface area contributed by atoms with Crippen LogP contribution < -0.4 is 5.32 Å². The van der Waals surface area contributed by atoms with E-state index in [-0.39, 0.29) is 5.16 Å². The smallest absolute Gasteiger partial charge is 0.206 e. The Balaban J connectivity index is 3.09. The van der Waals surface area contributed by atoms with Gasteiger partial charge >= 0.3 is 0 Å². The van der Waals surface area contributed by atoms with E-state index in [1.807, 2.05) is 0 Å². The molecule has 0 aliphatic carbocycles. The number of nitrogens with one attached hydrogen (secondary N) is 3. The summed E-state index contributed by atoms with van der Waals surface area (Å²) in [4.78, 5) is 6.49. The maximum Gasteiger partial charge on any atom is 0.206 e.